The van der Waals surface area contributed by atoms with Crippen LogP contribution < -0.4 is 0 Å². The van der Waals surface area contributed by atoms with Gasteiger partial charge in [-0.25, -0.2) is 4.39 Å². The minimum atomic E-state index is -0.719. The van der Waals surface area contributed by atoms with Crippen LogP contribution in [0.15, 0.2) is 0 Å². The van der Waals surface area contributed by atoms with Gasteiger partial charge in [-0.2, -0.15) is 0 Å². The van der Waals surface area contributed by atoms with Crippen LogP contribution in [0.4, 0.5) is 4.39 Å². The van der Waals surface area contributed by atoms with Crippen LogP contribution in [0, 0.1) is 5.92 Å². The molecule has 8 heavy (non-hydrogen) atoms. The molecule has 0 N–H and O–H groups in total. The minimum absolute atomic E-state index is 0.212. The Bertz CT molecular complexity index is 64.9. The predicted octanol–water partition coefficient (Wildman–Crippen LogP) is 1.38. The molecule has 1 aliphatic rings. The Morgan fingerprint density at radius 3 is 2.75 bits per heavy atom. The fourth-order valence-electron chi connectivity index (χ4n) is 0.810. The molecule has 0 bridgehead atoms. The average Bonchev–Trinajstić information content (AvgIpc) is 1.77. The van der Waals surface area contributed by atoms with Crippen molar-refractivity contribution in [1.82, 2.24) is 0 Å². The van der Waals surface area contributed by atoms with Crippen molar-refractivity contribution in [1.29, 1.82) is 0 Å². The molecule has 1 heterocycles. The lowest BCUT2D eigenvalue weighted by Crippen LogP contribution is -2.26. The summed E-state index contributed by atoms with van der Waals surface area (Å²) >= 11 is 0. The maximum absolute atomic E-state index is 12.5. The summed E-state index contributed by atoms with van der Waals surface area (Å²) in [6.45, 7) is 2.97. The first-order chi connectivity index (χ1) is 3.80. The number of rotatable bonds is 0. The van der Waals surface area contributed by atoms with Crippen LogP contribution in [0.3, 0.4) is 0 Å². The Hall–Kier alpha value is -0.110. The second kappa shape index (κ2) is 2.44. The molecular weight excluding hydrogens is 107 g/mol. The molecule has 1 nitrogen and oxygen atoms in total. The van der Waals surface area contributed by atoms with Gasteiger partial charge in [0, 0.05) is 6.61 Å². The third kappa shape index (κ3) is 1.19. The van der Waals surface area contributed by atoms with Gasteiger partial charge in [0.2, 0.25) is 0 Å². The predicted molar refractivity (Wildman–Crippen MR) is 29.5 cm³/mol. The van der Waals surface area contributed by atoms with Crippen molar-refractivity contribution in [3.8, 4) is 0 Å². The Balaban J connectivity index is 2.28. The van der Waals surface area contributed by atoms with E-state index in [1.165, 1.54) is 0 Å². The van der Waals surface area contributed by atoms with E-state index in [1.54, 1.807) is 0 Å². The summed E-state index contributed by atoms with van der Waals surface area (Å²) in [5, 5.41) is 0. The summed E-state index contributed by atoms with van der Waals surface area (Å²) in [6, 6.07) is 0. The van der Waals surface area contributed by atoms with Crippen molar-refractivity contribution in [2.75, 3.05) is 13.2 Å². The van der Waals surface area contributed by atoms with Crippen LogP contribution in [-0.2, 0) is 4.74 Å². The molecule has 1 aliphatic heterocycles. The third-order valence-electron chi connectivity index (χ3n) is 1.61. The van der Waals surface area contributed by atoms with Gasteiger partial charge in [0.05, 0.1) is 6.61 Å². The SMILES string of the molecule is C[C@H]1CCOC[C@@H]1F. The van der Waals surface area contributed by atoms with Crippen LogP contribution >= 0.6 is 0 Å². The van der Waals surface area contributed by atoms with E-state index >= 15 is 0 Å². The molecule has 0 radical (unpaired) electrons. The van der Waals surface area contributed by atoms with Crippen molar-refractivity contribution < 1.29 is 9.13 Å². The van der Waals surface area contributed by atoms with E-state index in [2.05, 4.69) is 0 Å². The normalized spacial score (nSPS) is 39.8. The molecule has 2 atom stereocenters. The lowest BCUT2D eigenvalue weighted by molar-refractivity contribution is 0.00451. The lowest BCUT2D eigenvalue weighted by atomic mass is 10.0. The molecule has 0 unspecified atom stereocenters. The Kier molecular flexibility index (Phi) is 1.84. The zero-order chi connectivity index (χ0) is 5.98. The summed E-state index contributed by atoms with van der Waals surface area (Å²) in [5.74, 6) is 0.212. The van der Waals surface area contributed by atoms with Crippen molar-refractivity contribution >= 4 is 0 Å². The maximum Gasteiger partial charge on any atom is 0.126 e. The first-order valence-electron chi connectivity index (χ1n) is 3.02. The highest BCUT2D eigenvalue weighted by Gasteiger charge is 2.20. The zero-order valence-corrected chi connectivity index (χ0v) is 5.06. The summed E-state index contributed by atoms with van der Waals surface area (Å²) < 4.78 is 17.3. The van der Waals surface area contributed by atoms with E-state index in [-0.39, 0.29) is 5.92 Å². The lowest BCUT2D eigenvalue weighted by Gasteiger charge is -2.21. The molecule has 0 aromatic heterocycles. The first kappa shape index (κ1) is 6.02. The fraction of sp³-hybridized carbons (Fsp3) is 1.00. The van der Waals surface area contributed by atoms with Gasteiger partial charge in [0.1, 0.15) is 6.17 Å². The monoisotopic (exact) mass is 118 g/mol. The number of hydrogen-bond donors (Lipinski definition) is 0. The zero-order valence-electron chi connectivity index (χ0n) is 5.06. The van der Waals surface area contributed by atoms with Gasteiger partial charge in [-0.1, -0.05) is 6.92 Å². The Morgan fingerprint density at radius 2 is 2.38 bits per heavy atom. The Labute approximate surface area is 48.8 Å². The van der Waals surface area contributed by atoms with Gasteiger partial charge < -0.3 is 4.74 Å². The molecule has 0 aliphatic carbocycles. The van der Waals surface area contributed by atoms with Crippen LogP contribution in [-0.4, -0.2) is 19.4 Å². The van der Waals surface area contributed by atoms with E-state index in [4.69, 9.17) is 4.74 Å². The summed E-state index contributed by atoms with van der Waals surface area (Å²) in [7, 11) is 0. The average molecular weight is 118 g/mol. The molecule has 1 rings (SSSR count). The van der Waals surface area contributed by atoms with Gasteiger partial charge in [-0.15, -0.1) is 0 Å². The van der Waals surface area contributed by atoms with Gasteiger partial charge in [0.15, 0.2) is 0 Å². The molecule has 0 amide bonds. The molecular formula is C6H11FO. The molecule has 0 saturated carbocycles. The highest BCUT2D eigenvalue weighted by molar-refractivity contribution is 4.67. The van der Waals surface area contributed by atoms with Gasteiger partial charge >= 0.3 is 0 Å². The number of ether oxygens (including phenoxy) is 1. The molecule has 2 heteroatoms. The summed E-state index contributed by atoms with van der Waals surface area (Å²) in [6.07, 6.45) is 0.157. The number of hydrogen-bond acceptors (Lipinski definition) is 1. The number of alkyl halides is 1. The van der Waals surface area contributed by atoms with E-state index in [0.717, 1.165) is 13.0 Å². The molecule has 48 valence electrons. The molecule has 1 fully saturated rings. The first-order valence-corrected chi connectivity index (χ1v) is 3.02. The van der Waals surface area contributed by atoms with Crippen LogP contribution in [0.2, 0.25) is 0 Å². The third-order valence-corrected chi connectivity index (χ3v) is 1.61. The van der Waals surface area contributed by atoms with Crippen molar-refractivity contribution in [2.45, 2.75) is 19.5 Å². The fourth-order valence-corrected chi connectivity index (χ4v) is 0.810. The van der Waals surface area contributed by atoms with Crippen molar-refractivity contribution in [3.05, 3.63) is 0 Å². The summed E-state index contributed by atoms with van der Waals surface area (Å²) in [5.41, 5.74) is 0. The standard InChI is InChI=1S/C6H11FO/c1-5-2-3-8-4-6(5)7/h5-6H,2-4H2,1H3/t5-,6-/m0/s1. The largest absolute Gasteiger partial charge is 0.378 e. The van der Waals surface area contributed by atoms with E-state index in [0.29, 0.717) is 6.61 Å². The topological polar surface area (TPSA) is 9.23 Å². The van der Waals surface area contributed by atoms with Crippen molar-refractivity contribution in [3.63, 3.8) is 0 Å². The van der Waals surface area contributed by atoms with Gasteiger partial charge in [-0.05, 0) is 12.3 Å². The minimum Gasteiger partial charge on any atom is -0.378 e. The molecule has 0 spiro atoms. The number of halogens is 1. The van der Waals surface area contributed by atoms with Gasteiger partial charge in [-0.3, -0.25) is 0 Å². The molecule has 1 saturated heterocycles. The second-order valence-electron chi connectivity index (χ2n) is 2.36. The van der Waals surface area contributed by atoms with E-state index < -0.39 is 6.17 Å². The summed E-state index contributed by atoms with van der Waals surface area (Å²) in [4.78, 5) is 0. The molecule has 0 aromatic rings. The highest BCUT2D eigenvalue weighted by atomic mass is 19.1. The van der Waals surface area contributed by atoms with Crippen LogP contribution in [0.5, 0.6) is 0 Å². The van der Waals surface area contributed by atoms with Crippen molar-refractivity contribution in [2.24, 2.45) is 5.92 Å². The van der Waals surface area contributed by atoms with Gasteiger partial charge in [0.25, 0.3) is 0 Å². The molecule has 0 aromatic carbocycles. The van der Waals surface area contributed by atoms with Crippen LogP contribution in [0.25, 0.3) is 0 Å². The van der Waals surface area contributed by atoms with E-state index in [1.807, 2.05) is 6.92 Å². The van der Waals surface area contributed by atoms with E-state index in [9.17, 15) is 4.39 Å². The quantitative estimate of drug-likeness (QED) is 0.467. The highest BCUT2D eigenvalue weighted by Crippen LogP contribution is 2.16. The smallest absolute Gasteiger partial charge is 0.126 e. The maximum atomic E-state index is 12.5. The Morgan fingerprint density at radius 1 is 1.62 bits per heavy atom. The second-order valence-corrected chi connectivity index (χ2v) is 2.36. The van der Waals surface area contributed by atoms with Crippen LogP contribution in [0.1, 0.15) is 13.3 Å².